The Morgan fingerprint density at radius 2 is 2.18 bits per heavy atom. The van der Waals surface area contributed by atoms with Crippen LogP contribution in [0.4, 0.5) is 5.82 Å². The number of benzene rings is 1. The maximum Gasteiger partial charge on any atom is 0.152 e. The fraction of sp³-hybridized carbons (Fsp3) is 0.176. The second-order valence-corrected chi connectivity index (χ2v) is 5.43. The number of aromatic amines is 1. The Balaban J connectivity index is 1.52. The first-order chi connectivity index (χ1) is 10.8. The van der Waals surface area contributed by atoms with Crippen molar-refractivity contribution in [1.29, 1.82) is 0 Å². The number of aromatic nitrogens is 4. The van der Waals surface area contributed by atoms with Crippen LogP contribution < -0.4 is 5.32 Å². The number of hydrogen-bond donors (Lipinski definition) is 2. The molecule has 0 spiro atoms. The number of fused-ring (bicyclic) bond motifs is 2. The van der Waals surface area contributed by atoms with Crippen LogP contribution in [0.3, 0.4) is 0 Å². The predicted octanol–water partition coefficient (Wildman–Crippen LogP) is 3.17. The molecule has 0 aliphatic heterocycles. The molecule has 0 amide bonds. The molecule has 0 saturated carbocycles. The molecule has 4 aromatic rings. The Morgan fingerprint density at radius 3 is 3.14 bits per heavy atom. The van der Waals surface area contributed by atoms with Gasteiger partial charge in [0, 0.05) is 36.0 Å². The number of aryl methyl sites for hydroxylation is 1. The van der Waals surface area contributed by atoms with Crippen LogP contribution in [-0.2, 0) is 6.42 Å². The van der Waals surface area contributed by atoms with Gasteiger partial charge in [0.15, 0.2) is 5.82 Å². The van der Waals surface area contributed by atoms with Gasteiger partial charge in [0.1, 0.15) is 5.52 Å². The van der Waals surface area contributed by atoms with Crippen molar-refractivity contribution >= 4 is 22.2 Å². The summed E-state index contributed by atoms with van der Waals surface area (Å²) in [6.07, 6.45) is 6.67. The zero-order valence-corrected chi connectivity index (χ0v) is 12.4. The molecule has 0 fully saturated rings. The Morgan fingerprint density at radius 1 is 1.27 bits per heavy atom. The quantitative estimate of drug-likeness (QED) is 0.607. The third kappa shape index (κ3) is 2.20. The molecule has 3 heterocycles. The monoisotopic (exact) mass is 291 g/mol. The summed E-state index contributed by atoms with van der Waals surface area (Å²) in [4.78, 5) is 7.73. The van der Waals surface area contributed by atoms with E-state index in [9.17, 15) is 0 Å². The molecule has 0 saturated heterocycles. The topological polar surface area (TPSA) is 58.0 Å². The summed E-state index contributed by atoms with van der Waals surface area (Å²) in [6, 6.07) is 10.4. The lowest BCUT2D eigenvalue weighted by Crippen LogP contribution is -2.07. The minimum absolute atomic E-state index is 0.832. The molecule has 2 N–H and O–H groups in total. The molecule has 3 aromatic heterocycles. The van der Waals surface area contributed by atoms with Crippen molar-refractivity contribution in [3.8, 4) is 0 Å². The van der Waals surface area contributed by atoms with Gasteiger partial charge in [0.25, 0.3) is 0 Å². The van der Waals surface area contributed by atoms with Crippen molar-refractivity contribution in [1.82, 2.24) is 19.6 Å². The lowest BCUT2D eigenvalue weighted by atomic mass is 10.1. The van der Waals surface area contributed by atoms with Crippen LogP contribution in [0.2, 0.25) is 0 Å². The Hall–Kier alpha value is -2.82. The lowest BCUT2D eigenvalue weighted by molar-refractivity contribution is 0.917. The number of nitrogens with zero attached hydrogens (tertiary/aromatic N) is 3. The van der Waals surface area contributed by atoms with E-state index in [2.05, 4.69) is 44.8 Å². The second-order valence-electron chi connectivity index (χ2n) is 5.43. The third-order valence-electron chi connectivity index (χ3n) is 3.87. The van der Waals surface area contributed by atoms with Crippen molar-refractivity contribution in [2.24, 2.45) is 0 Å². The van der Waals surface area contributed by atoms with Crippen LogP contribution >= 0.6 is 0 Å². The standard InChI is InChI=1S/C17H17N5/c1-12-10-16-17(19-8-9-22(16)21-12)18-7-6-13-11-20-15-5-3-2-4-14(13)15/h2-5,8-11,20H,6-7H2,1H3,(H,18,19). The van der Waals surface area contributed by atoms with E-state index in [4.69, 9.17) is 0 Å². The summed E-state index contributed by atoms with van der Waals surface area (Å²) >= 11 is 0. The van der Waals surface area contributed by atoms with E-state index in [0.717, 1.165) is 30.0 Å². The van der Waals surface area contributed by atoms with Crippen molar-refractivity contribution in [3.05, 3.63) is 60.2 Å². The molecule has 22 heavy (non-hydrogen) atoms. The summed E-state index contributed by atoms with van der Waals surface area (Å²) in [6.45, 7) is 2.82. The molecule has 0 radical (unpaired) electrons. The highest BCUT2D eigenvalue weighted by Crippen LogP contribution is 2.19. The van der Waals surface area contributed by atoms with Crippen molar-refractivity contribution < 1.29 is 0 Å². The zero-order valence-electron chi connectivity index (χ0n) is 12.4. The maximum atomic E-state index is 4.42. The molecule has 0 aliphatic rings. The molecule has 5 heteroatoms. The van der Waals surface area contributed by atoms with Crippen LogP contribution in [0.5, 0.6) is 0 Å². The van der Waals surface area contributed by atoms with Gasteiger partial charge in [-0.25, -0.2) is 9.50 Å². The molecule has 1 aromatic carbocycles. The first-order valence-corrected chi connectivity index (χ1v) is 7.41. The molecule has 0 unspecified atom stereocenters. The molecule has 5 nitrogen and oxygen atoms in total. The lowest BCUT2D eigenvalue weighted by Gasteiger charge is -2.06. The van der Waals surface area contributed by atoms with E-state index in [1.54, 1.807) is 6.20 Å². The van der Waals surface area contributed by atoms with Gasteiger partial charge >= 0.3 is 0 Å². The first-order valence-electron chi connectivity index (χ1n) is 7.41. The Kier molecular flexibility index (Phi) is 3.04. The minimum atomic E-state index is 0.832. The van der Waals surface area contributed by atoms with E-state index in [0.29, 0.717) is 0 Å². The summed E-state index contributed by atoms with van der Waals surface area (Å²) in [5.74, 6) is 0.878. The minimum Gasteiger partial charge on any atom is -0.368 e. The predicted molar refractivity (Wildman–Crippen MR) is 88.2 cm³/mol. The van der Waals surface area contributed by atoms with Gasteiger partial charge in [-0.3, -0.25) is 0 Å². The van der Waals surface area contributed by atoms with E-state index >= 15 is 0 Å². The number of para-hydroxylation sites is 1. The van der Waals surface area contributed by atoms with Crippen LogP contribution in [0.25, 0.3) is 16.4 Å². The summed E-state index contributed by atoms with van der Waals surface area (Å²) < 4.78 is 1.86. The SMILES string of the molecule is Cc1cc2c(NCCc3c[nH]c4ccccc34)nccn2n1. The molecular formula is C17H17N5. The highest BCUT2D eigenvalue weighted by molar-refractivity contribution is 5.83. The van der Waals surface area contributed by atoms with E-state index in [1.165, 1.54) is 16.5 Å². The Bertz CT molecular complexity index is 934. The molecule has 0 bridgehead atoms. The highest BCUT2D eigenvalue weighted by atomic mass is 15.2. The van der Waals surface area contributed by atoms with Gasteiger partial charge in [0.05, 0.1) is 5.69 Å². The second kappa shape index (κ2) is 5.18. The average Bonchev–Trinajstić information content (AvgIpc) is 3.11. The number of nitrogens with one attached hydrogen (secondary N) is 2. The van der Waals surface area contributed by atoms with Crippen LogP contribution in [0.1, 0.15) is 11.3 Å². The van der Waals surface area contributed by atoms with Crippen molar-refractivity contribution in [2.75, 3.05) is 11.9 Å². The normalized spacial score (nSPS) is 11.3. The van der Waals surface area contributed by atoms with Gasteiger partial charge in [-0.05, 0) is 31.0 Å². The first kappa shape index (κ1) is 12.9. The smallest absolute Gasteiger partial charge is 0.152 e. The van der Waals surface area contributed by atoms with Crippen LogP contribution in [-0.4, -0.2) is 26.1 Å². The fourth-order valence-electron chi connectivity index (χ4n) is 2.83. The third-order valence-corrected chi connectivity index (χ3v) is 3.87. The summed E-state index contributed by atoms with van der Waals surface area (Å²) in [5, 5.41) is 9.11. The molecule has 0 aliphatic carbocycles. The number of rotatable bonds is 4. The van der Waals surface area contributed by atoms with Crippen LogP contribution in [0, 0.1) is 6.92 Å². The van der Waals surface area contributed by atoms with E-state index < -0.39 is 0 Å². The summed E-state index contributed by atoms with van der Waals surface area (Å²) in [5.41, 5.74) is 4.51. The summed E-state index contributed by atoms with van der Waals surface area (Å²) in [7, 11) is 0. The van der Waals surface area contributed by atoms with Gasteiger partial charge in [0.2, 0.25) is 0 Å². The van der Waals surface area contributed by atoms with Crippen LogP contribution in [0.15, 0.2) is 48.9 Å². The molecule has 110 valence electrons. The molecule has 4 rings (SSSR count). The highest BCUT2D eigenvalue weighted by Gasteiger charge is 2.06. The fourth-order valence-corrected chi connectivity index (χ4v) is 2.83. The maximum absolute atomic E-state index is 4.42. The number of anilines is 1. The van der Waals surface area contributed by atoms with Gasteiger partial charge < -0.3 is 10.3 Å². The average molecular weight is 291 g/mol. The van der Waals surface area contributed by atoms with Crippen molar-refractivity contribution in [2.45, 2.75) is 13.3 Å². The van der Waals surface area contributed by atoms with Gasteiger partial charge in [-0.2, -0.15) is 5.10 Å². The number of hydrogen-bond acceptors (Lipinski definition) is 3. The zero-order chi connectivity index (χ0) is 14.9. The largest absolute Gasteiger partial charge is 0.368 e. The number of H-pyrrole nitrogens is 1. The molecule has 0 atom stereocenters. The van der Waals surface area contributed by atoms with Gasteiger partial charge in [-0.15, -0.1) is 0 Å². The van der Waals surface area contributed by atoms with Crippen molar-refractivity contribution in [3.63, 3.8) is 0 Å². The molecular weight excluding hydrogens is 274 g/mol. The van der Waals surface area contributed by atoms with E-state index in [-0.39, 0.29) is 0 Å². The Labute approximate surface area is 128 Å². The van der Waals surface area contributed by atoms with E-state index in [1.807, 2.05) is 29.8 Å². The van der Waals surface area contributed by atoms with Gasteiger partial charge in [-0.1, -0.05) is 18.2 Å².